The molecule has 0 fully saturated rings. The van der Waals surface area contributed by atoms with Gasteiger partial charge >= 0.3 is 6.18 Å². The molecule has 2 aliphatic rings. The number of anilines is 2. The van der Waals surface area contributed by atoms with Crippen molar-refractivity contribution in [3.63, 3.8) is 0 Å². The molecule has 0 spiro atoms. The second kappa shape index (κ2) is 7.06. The average Bonchev–Trinajstić information content (AvgIpc) is 3.20. The Bertz CT molecular complexity index is 1460. The summed E-state index contributed by atoms with van der Waals surface area (Å²) in [6, 6.07) is 10.6. The molecule has 5 rings (SSSR count). The van der Waals surface area contributed by atoms with Crippen LogP contribution >= 0.6 is 11.3 Å². The summed E-state index contributed by atoms with van der Waals surface area (Å²) in [7, 11) is 1.66. The summed E-state index contributed by atoms with van der Waals surface area (Å²) >= 11 is 1.13. The molecule has 0 saturated carbocycles. The SMILES string of the molecule is Cc1ccc2c(c1)C(=c1sc3n(c1=O)CN(c1cccc(C(F)(F)F)c1)CN=3)C(=O)N2C. The molecule has 0 aliphatic carbocycles. The summed E-state index contributed by atoms with van der Waals surface area (Å²) in [5.41, 5.74) is 1.91. The molecule has 0 bridgehead atoms. The summed E-state index contributed by atoms with van der Waals surface area (Å²) in [5.74, 6) is -0.267. The summed E-state index contributed by atoms with van der Waals surface area (Å²) in [6.07, 6.45) is -4.46. The number of rotatable bonds is 1. The van der Waals surface area contributed by atoms with Crippen LogP contribution in [0.1, 0.15) is 16.7 Å². The lowest BCUT2D eigenvalue weighted by Gasteiger charge is -2.26. The van der Waals surface area contributed by atoms with Crippen LogP contribution in [0.2, 0.25) is 0 Å². The van der Waals surface area contributed by atoms with E-state index >= 15 is 0 Å². The van der Waals surface area contributed by atoms with Crippen LogP contribution < -0.4 is 24.7 Å². The van der Waals surface area contributed by atoms with Gasteiger partial charge in [0.25, 0.3) is 11.5 Å². The third kappa shape index (κ3) is 3.13. The van der Waals surface area contributed by atoms with Gasteiger partial charge in [-0.05, 0) is 37.3 Å². The highest BCUT2D eigenvalue weighted by Crippen LogP contribution is 2.35. The molecule has 2 aromatic carbocycles. The Morgan fingerprint density at radius 2 is 1.88 bits per heavy atom. The van der Waals surface area contributed by atoms with Gasteiger partial charge in [-0.2, -0.15) is 13.2 Å². The van der Waals surface area contributed by atoms with Crippen molar-refractivity contribution in [2.75, 3.05) is 23.5 Å². The van der Waals surface area contributed by atoms with E-state index in [4.69, 9.17) is 0 Å². The first kappa shape index (κ1) is 20.5. The number of carbonyl (C=O) groups is 1. The van der Waals surface area contributed by atoms with Gasteiger partial charge in [0.05, 0.1) is 16.8 Å². The minimum Gasteiger partial charge on any atom is -0.334 e. The van der Waals surface area contributed by atoms with Crippen LogP contribution in [-0.4, -0.2) is 24.2 Å². The van der Waals surface area contributed by atoms with Gasteiger partial charge in [-0.15, -0.1) is 0 Å². The van der Waals surface area contributed by atoms with E-state index in [1.807, 2.05) is 25.1 Å². The minimum atomic E-state index is -4.46. The van der Waals surface area contributed by atoms with Crippen LogP contribution in [0.3, 0.4) is 0 Å². The molecule has 6 nitrogen and oxygen atoms in total. The number of thiazole rings is 1. The third-order valence-electron chi connectivity index (χ3n) is 5.62. The van der Waals surface area contributed by atoms with E-state index in [-0.39, 0.29) is 29.3 Å². The molecule has 0 N–H and O–H groups in total. The zero-order chi connectivity index (χ0) is 22.8. The van der Waals surface area contributed by atoms with E-state index in [0.29, 0.717) is 21.6 Å². The average molecular weight is 458 g/mol. The van der Waals surface area contributed by atoms with Crippen LogP contribution in [0.15, 0.2) is 52.3 Å². The molecule has 0 atom stereocenters. The molecule has 2 aliphatic heterocycles. The molecule has 1 aromatic heterocycles. The molecule has 164 valence electrons. The molecule has 3 heterocycles. The lowest BCUT2D eigenvalue weighted by atomic mass is 10.1. The predicted molar refractivity (Wildman–Crippen MR) is 115 cm³/mol. The Morgan fingerprint density at radius 3 is 2.62 bits per heavy atom. The number of hydrogen-bond donors (Lipinski definition) is 0. The summed E-state index contributed by atoms with van der Waals surface area (Å²) in [4.78, 5) is 34.2. The standard InChI is InChI=1S/C22H17F3N4O2S/c1-12-6-7-16-15(8-12)17(19(30)27(16)2)18-20(31)29-11-28(10-26-21(29)32-18)14-5-3-4-13(9-14)22(23,24)25/h3-9H,10-11H2,1-2H3. The van der Waals surface area contributed by atoms with E-state index in [2.05, 4.69) is 4.99 Å². The fourth-order valence-electron chi connectivity index (χ4n) is 3.96. The van der Waals surface area contributed by atoms with Crippen molar-refractivity contribution in [2.45, 2.75) is 19.8 Å². The van der Waals surface area contributed by atoms with Gasteiger partial charge < -0.3 is 9.80 Å². The first-order valence-corrected chi connectivity index (χ1v) is 10.6. The number of halogens is 3. The zero-order valence-corrected chi connectivity index (χ0v) is 17.9. The number of amides is 1. The van der Waals surface area contributed by atoms with Gasteiger partial charge in [0, 0.05) is 18.3 Å². The zero-order valence-electron chi connectivity index (χ0n) is 17.1. The number of nitrogens with zero attached hydrogens (tertiary/aromatic N) is 4. The number of aromatic nitrogens is 1. The second-order valence-electron chi connectivity index (χ2n) is 7.74. The Kier molecular flexibility index (Phi) is 4.52. The van der Waals surface area contributed by atoms with Crippen molar-refractivity contribution < 1.29 is 18.0 Å². The van der Waals surface area contributed by atoms with E-state index in [9.17, 15) is 22.8 Å². The van der Waals surface area contributed by atoms with Crippen molar-refractivity contribution in [1.29, 1.82) is 0 Å². The Hall–Kier alpha value is -3.40. The first-order valence-electron chi connectivity index (χ1n) is 9.75. The van der Waals surface area contributed by atoms with Gasteiger partial charge in [0.1, 0.15) is 17.9 Å². The van der Waals surface area contributed by atoms with E-state index in [0.717, 1.165) is 34.7 Å². The third-order valence-corrected chi connectivity index (χ3v) is 6.73. The normalized spacial score (nSPS) is 17.3. The molecule has 0 saturated heterocycles. The highest BCUT2D eigenvalue weighted by atomic mass is 32.1. The molecule has 0 unspecified atom stereocenters. The predicted octanol–water partition coefficient (Wildman–Crippen LogP) is 2.47. The maximum absolute atomic E-state index is 13.3. The maximum Gasteiger partial charge on any atom is 0.416 e. The van der Waals surface area contributed by atoms with E-state index in [1.54, 1.807) is 18.0 Å². The van der Waals surface area contributed by atoms with Gasteiger partial charge in [0.2, 0.25) is 0 Å². The fourth-order valence-corrected chi connectivity index (χ4v) is 5.01. The number of alkyl halides is 3. The number of likely N-dealkylation sites (N-methyl/N-ethyl adjacent to an activating group) is 1. The van der Waals surface area contributed by atoms with Crippen molar-refractivity contribution >= 4 is 34.2 Å². The van der Waals surface area contributed by atoms with Gasteiger partial charge in [-0.1, -0.05) is 29.0 Å². The first-order chi connectivity index (χ1) is 15.1. The van der Waals surface area contributed by atoms with E-state index < -0.39 is 11.7 Å². The molecule has 32 heavy (non-hydrogen) atoms. The van der Waals surface area contributed by atoms with Crippen LogP contribution in [0.4, 0.5) is 24.5 Å². The van der Waals surface area contributed by atoms with Crippen molar-refractivity contribution in [2.24, 2.45) is 4.99 Å². The lowest BCUT2D eigenvalue weighted by molar-refractivity contribution is -0.137. The fraction of sp³-hybridized carbons (Fsp3) is 0.227. The Labute approximate surface area is 184 Å². The molecule has 3 aromatic rings. The molecule has 0 radical (unpaired) electrons. The minimum absolute atomic E-state index is 0.0491. The largest absolute Gasteiger partial charge is 0.416 e. The molecule has 10 heteroatoms. The Balaban J connectivity index is 1.62. The molecular weight excluding hydrogens is 441 g/mol. The van der Waals surface area contributed by atoms with Gasteiger partial charge in [-0.25, -0.2) is 4.99 Å². The van der Waals surface area contributed by atoms with Crippen LogP contribution in [-0.2, 0) is 17.6 Å². The quantitative estimate of drug-likeness (QED) is 0.563. The monoisotopic (exact) mass is 458 g/mol. The maximum atomic E-state index is 13.3. The van der Waals surface area contributed by atoms with Crippen molar-refractivity contribution in [3.05, 3.63) is 78.8 Å². The number of benzene rings is 2. The Morgan fingerprint density at radius 1 is 1.09 bits per heavy atom. The van der Waals surface area contributed by atoms with Crippen LogP contribution in [0.25, 0.3) is 5.57 Å². The summed E-state index contributed by atoms with van der Waals surface area (Å²) in [6.45, 7) is 2.07. The summed E-state index contributed by atoms with van der Waals surface area (Å²) < 4.78 is 41.0. The highest BCUT2D eigenvalue weighted by molar-refractivity contribution is 7.07. The number of carbonyl (C=O) groups excluding carboxylic acids is 1. The van der Waals surface area contributed by atoms with Crippen LogP contribution in [0, 0.1) is 6.92 Å². The smallest absolute Gasteiger partial charge is 0.334 e. The van der Waals surface area contributed by atoms with Crippen LogP contribution in [0.5, 0.6) is 0 Å². The second-order valence-corrected chi connectivity index (χ2v) is 8.71. The molecule has 1 amide bonds. The van der Waals surface area contributed by atoms with E-state index in [1.165, 1.54) is 15.5 Å². The highest BCUT2D eigenvalue weighted by Gasteiger charge is 2.33. The van der Waals surface area contributed by atoms with Crippen molar-refractivity contribution in [1.82, 2.24) is 4.57 Å². The number of fused-ring (bicyclic) bond motifs is 2. The number of hydrogen-bond acceptors (Lipinski definition) is 5. The lowest BCUT2D eigenvalue weighted by Crippen LogP contribution is -2.43. The summed E-state index contributed by atoms with van der Waals surface area (Å²) in [5, 5.41) is 0. The topological polar surface area (TPSA) is 57.9 Å². The molecular formula is C22H17F3N4O2S. The number of aryl methyl sites for hydroxylation is 1. The van der Waals surface area contributed by atoms with Gasteiger partial charge in [0.15, 0.2) is 4.80 Å². The van der Waals surface area contributed by atoms with Gasteiger partial charge in [-0.3, -0.25) is 14.2 Å². The van der Waals surface area contributed by atoms with Crippen molar-refractivity contribution in [3.8, 4) is 0 Å².